The van der Waals surface area contributed by atoms with E-state index in [4.69, 9.17) is 0 Å². The summed E-state index contributed by atoms with van der Waals surface area (Å²) < 4.78 is -0.934. The lowest BCUT2D eigenvalue weighted by Gasteiger charge is -2.27. The van der Waals surface area contributed by atoms with Crippen molar-refractivity contribution in [2.75, 3.05) is 0 Å². The molecule has 0 unspecified atom stereocenters. The first-order valence-electron chi connectivity index (χ1n) is 6.41. The van der Waals surface area contributed by atoms with Gasteiger partial charge in [0.2, 0.25) is 2.14 Å². The van der Waals surface area contributed by atoms with Crippen LogP contribution in [-0.2, 0) is 17.9 Å². The van der Waals surface area contributed by atoms with E-state index < -0.39 is 2.14 Å². The number of carbonyl (C=O) groups excluding carboxylic acids is 1. The van der Waals surface area contributed by atoms with E-state index in [0.29, 0.717) is 13.1 Å². The van der Waals surface area contributed by atoms with Gasteiger partial charge in [-0.15, -0.1) is 0 Å². The second kappa shape index (κ2) is 7.56. The summed E-state index contributed by atoms with van der Waals surface area (Å²) >= 11 is 9.94. The Hall–Kier alpha value is -0.650. The number of alkyl halides is 3. The van der Waals surface area contributed by atoms with Gasteiger partial charge >= 0.3 is 0 Å². The fraction of sp³-hybridized carbons (Fsp3) is 0.188. The van der Waals surface area contributed by atoms with Gasteiger partial charge in [-0.2, -0.15) is 0 Å². The van der Waals surface area contributed by atoms with E-state index in [1.165, 1.54) is 0 Å². The van der Waals surface area contributed by atoms with Crippen molar-refractivity contribution < 1.29 is 4.79 Å². The Morgan fingerprint density at radius 2 is 1.19 bits per heavy atom. The summed E-state index contributed by atoms with van der Waals surface area (Å²) in [5.41, 5.74) is 2.19. The van der Waals surface area contributed by atoms with Gasteiger partial charge in [0.15, 0.2) is 0 Å². The predicted molar refractivity (Wildman–Crippen MR) is 96.7 cm³/mol. The van der Waals surface area contributed by atoms with E-state index in [2.05, 4.69) is 47.8 Å². The largest absolute Gasteiger partial charge is 0.331 e. The monoisotopic (exact) mass is 473 g/mol. The molecule has 2 aromatic carbocycles. The lowest BCUT2D eigenvalue weighted by atomic mass is 10.1. The zero-order valence-electron chi connectivity index (χ0n) is 11.2. The molecule has 0 radical (unpaired) electrons. The van der Waals surface area contributed by atoms with Crippen molar-refractivity contribution >= 4 is 53.7 Å². The normalized spacial score (nSPS) is 11.2. The molecule has 0 spiro atoms. The third-order valence-corrected chi connectivity index (χ3v) is 3.98. The minimum atomic E-state index is -0.934. The standard InChI is InChI=1S/C16H14Br3NO/c17-16(18,19)15(21)20(11-13-7-3-1-4-8-13)12-14-9-5-2-6-10-14/h1-10H,11-12H2. The van der Waals surface area contributed by atoms with Crippen LogP contribution < -0.4 is 0 Å². The van der Waals surface area contributed by atoms with Crippen LogP contribution >= 0.6 is 47.8 Å². The molecule has 0 aliphatic heterocycles. The highest BCUT2D eigenvalue weighted by Crippen LogP contribution is 2.36. The van der Waals surface area contributed by atoms with Crippen molar-refractivity contribution in [1.82, 2.24) is 4.90 Å². The third kappa shape index (κ3) is 5.24. The molecule has 2 aromatic rings. The fourth-order valence-corrected chi connectivity index (χ4v) is 2.74. The molecule has 1 amide bonds. The van der Waals surface area contributed by atoms with Crippen molar-refractivity contribution in [2.24, 2.45) is 0 Å². The number of hydrogen-bond donors (Lipinski definition) is 0. The van der Waals surface area contributed by atoms with Crippen LogP contribution in [0.25, 0.3) is 0 Å². The molecule has 0 aliphatic carbocycles. The smallest absolute Gasteiger partial charge is 0.261 e. The molecule has 5 heteroatoms. The highest BCUT2D eigenvalue weighted by atomic mass is 80.0. The lowest BCUT2D eigenvalue weighted by Crippen LogP contribution is -2.37. The molecule has 0 aliphatic rings. The highest BCUT2D eigenvalue weighted by molar-refractivity contribution is 9.40. The summed E-state index contributed by atoms with van der Waals surface area (Å²) in [6.07, 6.45) is 0. The summed E-state index contributed by atoms with van der Waals surface area (Å²) in [5.74, 6) is -0.0739. The van der Waals surface area contributed by atoms with E-state index >= 15 is 0 Å². The maximum Gasteiger partial charge on any atom is 0.261 e. The number of nitrogens with zero attached hydrogens (tertiary/aromatic N) is 1. The van der Waals surface area contributed by atoms with Crippen molar-refractivity contribution in [3.8, 4) is 0 Å². The zero-order valence-corrected chi connectivity index (χ0v) is 15.9. The number of amides is 1. The number of carbonyl (C=O) groups is 1. The van der Waals surface area contributed by atoms with Gasteiger partial charge in [-0.25, -0.2) is 0 Å². The minimum absolute atomic E-state index is 0.0739. The average Bonchev–Trinajstić information content (AvgIpc) is 2.47. The maximum absolute atomic E-state index is 12.6. The summed E-state index contributed by atoms with van der Waals surface area (Å²) in [6, 6.07) is 19.9. The summed E-state index contributed by atoms with van der Waals surface area (Å²) in [6.45, 7) is 1.11. The van der Waals surface area contributed by atoms with Crippen molar-refractivity contribution in [3.05, 3.63) is 71.8 Å². The molecule has 2 nitrogen and oxygen atoms in total. The molecule has 0 bridgehead atoms. The number of hydrogen-bond acceptors (Lipinski definition) is 1. The van der Waals surface area contributed by atoms with Gasteiger partial charge in [0.25, 0.3) is 5.91 Å². The van der Waals surface area contributed by atoms with E-state index in [9.17, 15) is 4.79 Å². The van der Waals surface area contributed by atoms with Gasteiger partial charge < -0.3 is 4.90 Å². The van der Waals surface area contributed by atoms with Crippen LogP contribution in [0.1, 0.15) is 11.1 Å². The third-order valence-electron chi connectivity index (χ3n) is 2.96. The van der Waals surface area contributed by atoms with E-state index in [-0.39, 0.29) is 5.91 Å². The zero-order chi connectivity index (χ0) is 15.3. The Labute approximate surface area is 149 Å². The first-order chi connectivity index (χ1) is 9.97. The first kappa shape index (κ1) is 16.7. The van der Waals surface area contributed by atoms with Gasteiger partial charge in [0, 0.05) is 13.1 Å². The predicted octanol–water partition coefficient (Wildman–Crippen LogP) is 5.05. The average molecular weight is 476 g/mol. The number of rotatable bonds is 4. The number of benzene rings is 2. The number of halogens is 3. The van der Waals surface area contributed by atoms with Gasteiger partial charge in [0.1, 0.15) is 0 Å². The Morgan fingerprint density at radius 3 is 1.52 bits per heavy atom. The molecule has 0 saturated heterocycles. The molecule has 0 fully saturated rings. The Balaban J connectivity index is 2.20. The van der Waals surface area contributed by atoms with Gasteiger partial charge in [-0.1, -0.05) is 60.7 Å². The van der Waals surface area contributed by atoms with Crippen LogP contribution in [0.2, 0.25) is 0 Å². The SMILES string of the molecule is O=C(N(Cc1ccccc1)Cc1ccccc1)C(Br)(Br)Br. The topological polar surface area (TPSA) is 20.3 Å². The molecule has 21 heavy (non-hydrogen) atoms. The van der Waals surface area contributed by atoms with Crippen LogP contribution in [-0.4, -0.2) is 12.9 Å². The van der Waals surface area contributed by atoms with Crippen LogP contribution in [0.15, 0.2) is 60.7 Å². The van der Waals surface area contributed by atoms with E-state index in [0.717, 1.165) is 11.1 Å². The van der Waals surface area contributed by atoms with Gasteiger partial charge in [0.05, 0.1) is 0 Å². The molecule has 2 rings (SSSR count). The maximum atomic E-state index is 12.6. The van der Waals surface area contributed by atoms with Crippen LogP contribution in [0.3, 0.4) is 0 Å². The Kier molecular flexibility index (Phi) is 6.02. The fourth-order valence-electron chi connectivity index (χ4n) is 1.99. The molecule has 0 heterocycles. The van der Waals surface area contributed by atoms with E-state index in [1.807, 2.05) is 60.7 Å². The van der Waals surface area contributed by atoms with Crippen molar-refractivity contribution in [2.45, 2.75) is 15.2 Å². The van der Waals surface area contributed by atoms with Gasteiger partial charge in [-0.3, -0.25) is 4.79 Å². The quantitative estimate of drug-likeness (QED) is 0.566. The molecule has 0 aromatic heterocycles. The molecule has 0 atom stereocenters. The molecule has 0 N–H and O–H groups in total. The molecular weight excluding hydrogens is 462 g/mol. The second-order valence-electron chi connectivity index (χ2n) is 4.63. The Bertz CT molecular complexity index is 540. The summed E-state index contributed by atoms with van der Waals surface area (Å²) in [7, 11) is 0. The molecule has 110 valence electrons. The van der Waals surface area contributed by atoms with Crippen LogP contribution in [0.5, 0.6) is 0 Å². The van der Waals surface area contributed by atoms with Crippen molar-refractivity contribution in [1.29, 1.82) is 0 Å². The van der Waals surface area contributed by atoms with Crippen LogP contribution in [0.4, 0.5) is 0 Å². The Morgan fingerprint density at radius 1 is 0.810 bits per heavy atom. The second-order valence-corrected chi connectivity index (χ2v) is 11.4. The summed E-state index contributed by atoms with van der Waals surface area (Å²) in [5, 5.41) is 0. The molecular formula is C16H14Br3NO. The summed E-state index contributed by atoms with van der Waals surface area (Å²) in [4.78, 5) is 14.4. The van der Waals surface area contributed by atoms with Gasteiger partial charge in [-0.05, 0) is 58.9 Å². The van der Waals surface area contributed by atoms with Crippen LogP contribution in [0, 0.1) is 0 Å². The molecule has 0 saturated carbocycles. The van der Waals surface area contributed by atoms with Crippen molar-refractivity contribution in [3.63, 3.8) is 0 Å². The minimum Gasteiger partial charge on any atom is -0.331 e. The highest BCUT2D eigenvalue weighted by Gasteiger charge is 2.33. The lowest BCUT2D eigenvalue weighted by molar-refractivity contribution is -0.130. The first-order valence-corrected chi connectivity index (χ1v) is 8.78. The van der Waals surface area contributed by atoms with E-state index in [1.54, 1.807) is 4.90 Å².